The molecule has 1 aliphatic heterocycles. The summed E-state index contributed by atoms with van der Waals surface area (Å²) < 4.78 is 1.24. The predicted molar refractivity (Wildman–Crippen MR) is 137 cm³/mol. The van der Waals surface area contributed by atoms with E-state index in [2.05, 4.69) is 79.4 Å². The van der Waals surface area contributed by atoms with Crippen molar-refractivity contribution in [3.63, 3.8) is 0 Å². The number of thiazole rings is 1. The number of amides is 1. The van der Waals surface area contributed by atoms with Crippen LogP contribution in [0.3, 0.4) is 0 Å². The molecule has 0 N–H and O–H groups in total. The van der Waals surface area contributed by atoms with Crippen LogP contribution < -0.4 is 4.90 Å². The van der Waals surface area contributed by atoms with Gasteiger partial charge in [-0.3, -0.25) is 4.79 Å². The van der Waals surface area contributed by atoms with Gasteiger partial charge in [0.1, 0.15) is 0 Å². The first-order valence-electron chi connectivity index (χ1n) is 11.6. The van der Waals surface area contributed by atoms with Gasteiger partial charge in [-0.25, -0.2) is 4.98 Å². The maximum atomic E-state index is 13.3. The van der Waals surface area contributed by atoms with Gasteiger partial charge in [0.2, 0.25) is 5.91 Å². The lowest BCUT2D eigenvalue weighted by molar-refractivity contribution is -0.131. The molecule has 2 heterocycles. The number of hydrogen-bond acceptors (Lipinski definition) is 4. The van der Waals surface area contributed by atoms with E-state index in [4.69, 9.17) is 4.98 Å². The summed E-state index contributed by atoms with van der Waals surface area (Å²) in [6, 6.07) is 25.1. The van der Waals surface area contributed by atoms with Gasteiger partial charge in [0.15, 0.2) is 5.13 Å². The molecule has 0 aliphatic carbocycles. The first-order valence-corrected chi connectivity index (χ1v) is 12.4. The van der Waals surface area contributed by atoms with Gasteiger partial charge in [-0.15, -0.1) is 0 Å². The van der Waals surface area contributed by atoms with E-state index in [0.29, 0.717) is 6.42 Å². The standard InChI is InChI=1S/C28H29N3OS/c1-20-13-14-25-27(21(20)2)29-28(33-25)31-17-15-30(16-18-31)26(32)19-24(22-9-5-3-6-10-22)23-11-7-4-8-12-23/h3-14,24H,15-19H2,1-2H3. The maximum Gasteiger partial charge on any atom is 0.223 e. The van der Waals surface area contributed by atoms with Crippen molar-refractivity contribution in [2.24, 2.45) is 0 Å². The molecule has 168 valence electrons. The van der Waals surface area contributed by atoms with Crippen LogP contribution in [0.4, 0.5) is 5.13 Å². The van der Waals surface area contributed by atoms with E-state index >= 15 is 0 Å². The summed E-state index contributed by atoms with van der Waals surface area (Å²) in [7, 11) is 0. The molecule has 4 nitrogen and oxygen atoms in total. The van der Waals surface area contributed by atoms with Crippen LogP contribution in [0.2, 0.25) is 0 Å². The minimum absolute atomic E-state index is 0.0772. The van der Waals surface area contributed by atoms with Gasteiger partial charge in [-0.1, -0.05) is 78.1 Å². The van der Waals surface area contributed by atoms with E-state index in [1.165, 1.54) is 27.0 Å². The third kappa shape index (κ3) is 4.51. The van der Waals surface area contributed by atoms with Gasteiger partial charge in [0, 0.05) is 38.5 Å². The number of aromatic nitrogens is 1. The Kier molecular flexibility index (Phi) is 6.14. The number of benzene rings is 3. The second-order valence-corrected chi connectivity index (χ2v) is 9.81. The van der Waals surface area contributed by atoms with Crippen molar-refractivity contribution < 1.29 is 4.79 Å². The molecule has 3 aromatic carbocycles. The largest absolute Gasteiger partial charge is 0.345 e. The quantitative estimate of drug-likeness (QED) is 0.382. The fourth-order valence-electron chi connectivity index (χ4n) is 4.60. The number of nitrogens with zero attached hydrogens (tertiary/aromatic N) is 3. The molecule has 1 saturated heterocycles. The third-order valence-electron chi connectivity index (χ3n) is 6.76. The number of hydrogen-bond donors (Lipinski definition) is 0. The van der Waals surface area contributed by atoms with Gasteiger partial charge in [-0.2, -0.15) is 0 Å². The van der Waals surface area contributed by atoms with Gasteiger partial charge >= 0.3 is 0 Å². The van der Waals surface area contributed by atoms with Crippen molar-refractivity contribution in [2.75, 3.05) is 31.1 Å². The SMILES string of the molecule is Cc1ccc2sc(N3CCN(C(=O)CC(c4ccccc4)c4ccccc4)CC3)nc2c1C. The lowest BCUT2D eigenvalue weighted by Gasteiger charge is -2.35. The zero-order valence-corrected chi connectivity index (χ0v) is 20.0. The molecule has 4 aromatic rings. The van der Waals surface area contributed by atoms with Crippen molar-refractivity contribution in [3.8, 4) is 0 Å². The van der Waals surface area contributed by atoms with Crippen molar-refractivity contribution >= 4 is 32.6 Å². The Labute approximate surface area is 199 Å². The first-order chi connectivity index (χ1) is 16.1. The Balaban J connectivity index is 1.28. The Bertz CT molecular complexity index is 1200. The molecule has 0 saturated carbocycles. The van der Waals surface area contributed by atoms with Crippen LogP contribution in [0.1, 0.15) is 34.6 Å². The van der Waals surface area contributed by atoms with E-state index in [9.17, 15) is 4.79 Å². The van der Waals surface area contributed by atoms with E-state index < -0.39 is 0 Å². The summed E-state index contributed by atoms with van der Waals surface area (Å²) >= 11 is 1.75. The second kappa shape index (κ2) is 9.36. The second-order valence-electron chi connectivity index (χ2n) is 8.80. The van der Waals surface area contributed by atoms with Gasteiger partial charge in [-0.05, 0) is 42.2 Å². The Hall–Kier alpha value is -3.18. The molecule has 0 bridgehead atoms. The minimum atomic E-state index is 0.0772. The van der Waals surface area contributed by atoms with Gasteiger partial charge < -0.3 is 9.80 Å². The normalized spacial score (nSPS) is 14.3. The number of carbonyl (C=O) groups is 1. The molecule has 5 heteroatoms. The van der Waals surface area contributed by atoms with E-state index in [1.54, 1.807) is 11.3 Å². The molecule has 1 amide bonds. The van der Waals surface area contributed by atoms with Crippen LogP contribution in [-0.2, 0) is 4.79 Å². The highest BCUT2D eigenvalue weighted by Crippen LogP contribution is 2.33. The van der Waals surface area contributed by atoms with Gasteiger partial charge in [0.05, 0.1) is 10.2 Å². The summed E-state index contributed by atoms with van der Waals surface area (Å²) in [6.07, 6.45) is 0.494. The van der Waals surface area contributed by atoms with E-state index in [1.807, 2.05) is 17.0 Å². The molecule has 1 fully saturated rings. The van der Waals surface area contributed by atoms with Crippen molar-refractivity contribution in [3.05, 3.63) is 95.1 Å². The van der Waals surface area contributed by atoms with E-state index in [-0.39, 0.29) is 11.8 Å². The van der Waals surface area contributed by atoms with Crippen LogP contribution in [0.25, 0.3) is 10.2 Å². The summed E-state index contributed by atoms with van der Waals surface area (Å²) in [5.41, 5.74) is 6.03. The molecule has 0 spiro atoms. The highest BCUT2D eigenvalue weighted by atomic mass is 32.1. The lowest BCUT2D eigenvalue weighted by atomic mass is 9.88. The molecule has 0 atom stereocenters. The summed E-state index contributed by atoms with van der Waals surface area (Å²) in [6.45, 7) is 7.41. The van der Waals surface area contributed by atoms with Crippen LogP contribution in [-0.4, -0.2) is 42.0 Å². The van der Waals surface area contributed by atoms with Gasteiger partial charge in [0.25, 0.3) is 0 Å². The first kappa shape index (κ1) is 21.7. The Morgan fingerprint density at radius 1 is 0.879 bits per heavy atom. The average molecular weight is 456 g/mol. The highest BCUT2D eigenvalue weighted by molar-refractivity contribution is 7.22. The average Bonchev–Trinajstić information content (AvgIpc) is 3.31. The smallest absolute Gasteiger partial charge is 0.223 e. The fourth-order valence-corrected chi connectivity index (χ4v) is 5.68. The predicted octanol–water partition coefficient (Wildman–Crippen LogP) is 5.78. The Morgan fingerprint density at radius 2 is 1.48 bits per heavy atom. The zero-order chi connectivity index (χ0) is 22.8. The molecular formula is C28H29N3OS. The third-order valence-corrected chi connectivity index (χ3v) is 7.84. The summed E-state index contributed by atoms with van der Waals surface area (Å²) in [5.74, 6) is 0.302. The summed E-state index contributed by atoms with van der Waals surface area (Å²) in [5, 5.41) is 1.07. The molecule has 1 aromatic heterocycles. The summed E-state index contributed by atoms with van der Waals surface area (Å²) in [4.78, 5) is 22.6. The highest BCUT2D eigenvalue weighted by Gasteiger charge is 2.26. The van der Waals surface area contributed by atoms with Crippen LogP contribution in [0.15, 0.2) is 72.8 Å². The fraction of sp³-hybridized carbons (Fsp3) is 0.286. The molecule has 0 unspecified atom stereocenters. The number of carbonyl (C=O) groups excluding carboxylic acids is 1. The molecule has 5 rings (SSSR count). The maximum absolute atomic E-state index is 13.3. The van der Waals surface area contributed by atoms with Crippen molar-refractivity contribution in [1.82, 2.24) is 9.88 Å². The van der Waals surface area contributed by atoms with Crippen LogP contribution in [0.5, 0.6) is 0 Å². The monoisotopic (exact) mass is 455 g/mol. The number of piperazine rings is 1. The zero-order valence-electron chi connectivity index (χ0n) is 19.2. The van der Waals surface area contributed by atoms with Crippen molar-refractivity contribution in [2.45, 2.75) is 26.2 Å². The van der Waals surface area contributed by atoms with Crippen LogP contribution in [0, 0.1) is 13.8 Å². The number of rotatable bonds is 5. The van der Waals surface area contributed by atoms with E-state index in [0.717, 1.165) is 36.8 Å². The number of aryl methyl sites for hydroxylation is 2. The molecule has 0 radical (unpaired) electrons. The Morgan fingerprint density at radius 3 is 2.09 bits per heavy atom. The lowest BCUT2D eigenvalue weighted by Crippen LogP contribution is -2.49. The number of fused-ring (bicyclic) bond motifs is 1. The van der Waals surface area contributed by atoms with Crippen molar-refractivity contribution in [1.29, 1.82) is 0 Å². The van der Waals surface area contributed by atoms with Crippen LogP contribution >= 0.6 is 11.3 Å². The molecule has 33 heavy (non-hydrogen) atoms. The molecular weight excluding hydrogens is 426 g/mol. The number of anilines is 1. The topological polar surface area (TPSA) is 36.4 Å². The minimum Gasteiger partial charge on any atom is -0.345 e. The molecule has 1 aliphatic rings.